The third-order valence-corrected chi connectivity index (χ3v) is 3.22. The van der Waals surface area contributed by atoms with Crippen molar-refractivity contribution in [3.05, 3.63) is 0 Å². The van der Waals surface area contributed by atoms with Crippen molar-refractivity contribution < 1.29 is 9.90 Å². The largest absolute Gasteiger partial charge is 0.392 e. The van der Waals surface area contributed by atoms with Gasteiger partial charge in [0, 0.05) is 25.2 Å². The first-order chi connectivity index (χ1) is 7.95. The first-order valence-electron chi connectivity index (χ1n) is 6.67. The van der Waals surface area contributed by atoms with Gasteiger partial charge in [-0.1, -0.05) is 0 Å². The van der Waals surface area contributed by atoms with E-state index in [1.54, 1.807) is 6.92 Å². The number of carbonyl (C=O) groups excluding carboxylic acids is 1. The molecule has 1 amide bonds. The molecule has 0 saturated heterocycles. The number of nitrogens with zero attached hydrogens (tertiary/aromatic N) is 2. The predicted octanol–water partition coefficient (Wildman–Crippen LogP) is 1.09. The van der Waals surface area contributed by atoms with E-state index in [0.29, 0.717) is 19.1 Å². The summed E-state index contributed by atoms with van der Waals surface area (Å²) < 4.78 is 0. The second-order valence-electron chi connectivity index (χ2n) is 5.28. The lowest BCUT2D eigenvalue weighted by Gasteiger charge is -2.30. The van der Waals surface area contributed by atoms with Crippen LogP contribution >= 0.6 is 0 Å². The molecular formula is C13H26N2O2. The summed E-state index contributed by atoms with van der Waals surface area (Å²) in [5.74, 6) is 0.198. The third kappa shape index (κ3) is 4.64. The number of aliphatic hydroxyl groups is 1. The molecule has 0 bridgehead atoms. The molecule has 0 aliphatic heterocycles. The van der Waals surface area contributed by atoms with Gasteiger partial charge in [-0.05, 0) is 40.5 Å². The highest BCUT2D eigenvalue weighted by Gasteiger charge is 2.32. The van der Waals surface area contributed by atoms with Gasteiger partial charge in [-0.2, -0.15) is 0 Å². The molecular weight excluding hydrogens is 216 g/mol. The highest BCUT2D eigenvalue weighted by Crippen LogP contribution is 2.26. The zero-order valence-corrected chi connectivity index (χ0v) is 11.5. The minimum Gasteiger partial charge on any atom is -0.392 e. The van der Waals surface area contributed by atoms with E-state index < -0.39 is 0 Å². The van der Waals surface area contributed by atoms with Gasteiger partial charge in [-0.25, -0.2) is 0 Å². The van der Waals surface area contributed by atoms with Crippen molar-refractivity contribution in [1.82, 2.24) is 9.80 Å². The Hall–Kier alpha value is -0.610. The van der Waals surface area contributed by atoms with E-state index in [-0.39, 0.29) is 18.1 Å². The van der Waals surface area contributed by atoms with Crippen LogP contribution in [0.25, 0.3) is 0 Å². The molecule has 1 rings (SSSR count). The fourth-order valence-corrected chi connectivity index (χ4v) is 2.09. The van der Waals surface area contributed by atoms with Crippen LogP contribution in [-0.2, 0) is 4.79 Å². The van der Waals surface area contributed by atoms with Crippen molar-refractivity contribution in [3.63, 3.8) is 0 Å². The minimum atomic E-state index is -0.388. The van der Waals surface area contributed by atoms with Gasteiger partial charge < -0.3 is 10.0 Å². The molecule has 1 N–H and O–H groups in total. The van der Waals surface area contributed by atoms with E-state index in [9.17, 15) is 9.90 Å². The number of hydrogen-bond donors (Lipinski definition) is 1. The average molecular weight is 242 g/mol. The van der Waals surface area contributed by atoms with Crippen molar-refractivity contribution in [2.45, 2.75) is 58.7 Å². The summed E-state index contributed by atoms with van der Waals surface area (Å²) in [4.78, 5) is 16.2. The Bertz CT molecular complexity index is 250. The van der Waals surface area contributed by atoms with Crippen molar-refractivity contribution >= 4 is 5.91 Å². The van der Waals surface area contributed by atoms with E-state index in [4.69, 9.17) is 0 Å². The lowest BCUT2D eigenvalue weighted by molar-refractivity contribution is -0.133. The summed E-state index contributed by atoms with van der Waals surface area (Å²) in [5, 5.41) is 9.44. The first-order valence-corrected chi connectivity index (χ1v) is 6.67. The molecule has 0 spiro atoms. The van der Waals surface area contributed by atoms with Gasteiger partial charge in [0.25, 0.3) is 0 Å². The average Bonchev–Trinajstić information content (AvgIpc) is 3.01. The lowest BCUT2D eigenvalue weighted by atomic mass is 10.2. The standard InChI is InChI=1S/C13H26N2O2/c1-5-15(12-6-7-12)13(17)9-14(10(2)3)8-11(4)16/h10-12,16H,5-9H2,1-4H3. The molecule has 4 heteroatoms. The van der Waals surface area contributed by atoms with Gasteiger partial charge in [-0.3, -0.25) is 9.69 Å². The predicted molar refractivity (Wildman–Crippen MR) is 68.8 cm³/mol. The van der Waals surface area contributed by atoms with Crippen LogP contribution in [0.2, 0.25) is 0 Å². The SMILES string of the molecule is CCN(C(=O)CN(CC(C)O)C(C)C)C1CC1. The van der Waals surface area contributed by atoms with E-state index >= 15 is 0 Å². The fourth-order valence-electron chi connectivity index (χ4n) is 2.09. The van der Waals surface area contributed by atoms with Gasteiger partial charge in [-0.15, -0.1) is 0 Å². The highest BCUT2D eigenvalue weighted by atomic mass is 16.3. The van der Waals surface area contributed by atoms with Crippen LogP contribution in [0.5, 0.6) is 0 Å². The van der Waals surface area contributed by atoms with Crippen LogP contribution in [0.3, 0.4) is 0 Å². The zero-order chi connectivity index (χ0) is 13.0. The molecule has 0 aromatic carbocycles. The quantitative estimate of drug-likeness (QED) is 0.727. The number of amides is 1. The van der Waals surface area contributed by atoms with Gasteiger partial charge in [0.15, 0.2) is 0 Å². The monoisotopic (exact) mass is 242 g/mol. The van der Waals surface area contributed by atoms with Crippen molar-refractivity contribution in [1.29, 1.82) is 0 Å². The molecule has 1 atom stereocenters. The maximum absolute atomic E-state index is 12.2. The smallest absolute Gasteiger partial charge is 0.236 e. The Morgan fingerprint density at radius 1 is 1.35 bits per heavy atom. The first kappa shape index (κ1) is 14.5. The normalized spacial score (nSPS) is 17.6. The zero-order valence-electron chi connectivity index (χ0n) is 11.5. The number of carbonyl (C=O) groups is 1. The van der Waals surface area contributed by atoms with Gasteiger partial charge in [0.05, 0.1) is 12.6 Å². The number of likely N-dealkylation sites (N-methyl/N-ethyl adjacent to an activating group) is 1. The molecule has 1 aliphatic rings. The molecule has 1 saturated carbocycles. The van der Waals surface area contributed by atoms with E-state index in [2.05, 4.69) is 13.8 Å². The molecule has 0 heterocycles. The molecule has 1 unspecified atom stereocenters. The van der Waals surface area contributed by atoms with Gasteiger partial charge in [0.2, 0.25) is 5.91 Å². The van der Waals surface area contributed by atoms with Crippen molar-refractivity contribution in [3.8, 4) is 0 Å². The maximum Gasteiger partial charge on any atom is 0.236 e. The van der Waals surface area contributed by atoms with Crippen molar-refractivity contribution in [2.75, 3.05) is 19.6 Å². The van der Waals surface area contributed by atoms with Crippen LogP contribution in [0.1, 0.15) is 40.5 Å². The Morgan fingerprint density at radius 2 is 1.94 bits per heavy atom. The van der Waals surface area contributed by atoms with E-state index in [1.807, 2.05) is 16.7 Å². The highest BCUT2D eigenvalue weighted by molar-refractivity contribution is 5.79. The molecule has 0 aromatic heterocycles. The van der Waals surface area contributed by atoms with Crippen molar-refractivity contribution in [2.24, 2.45) is 0 Å². The Balaban J connectivity index is 2.50. The molecule has 4 nitrogen and oxygen atoms in total. The molecule has 1 fully saturated rings. The summed E-state index contributed by atoms with van der Waals surface area (Å²) in [6, 6.07) is 0.763. The second-order valence-corrected chi connectivity index (χ2v) is 5.28. The molecule has 17 heavy (non-hydrogen) atoms. The van der Waals surface area contributed by atoms with Crippen LogP contribution < -0.4 is 0 Å². The number of aliphatic hydroxyl groups excluding tert-OH is 1. The van der Waals surface area contributed by atoms with Crippen LogP contribution in [-0.4, -0.2) is 58.6 Å². The summed E-state index contributed by atoms with van der Waals surface area (Å²) in [6.07, 6.45) is 1.91. The Kier molecular flexibility index (Phi) is 5.40. The van der Waals surface area contributed by atoms with E-state index in [0.717, 1.165) is 19.4 Å². The Morgan fingerprint density at radius 3 is 2.29 bits per heavy atom. The Labute approximate surface area is 105 Å². The maximum atomic E-state index is 12.2. The van der Waals surface area contributed by atoms with E-state index in [1.165, 1.54) is 0 Å². The third-order valence-electron chi connectivity index (χ3n) is 3.22. The van der Waals surface area contributed by atoms with Gasteiger partial charge >= 0.3 is 0 Å². The number of rotatable bonds is 7. The van der Waals surface area contributed by atoms with Crippen LogP contribution in [0.15, 0.2) is 0 Å². The fraction of sp³-hybridized carbons (Fsp3) is 0.923. The molecule has 0 radical (unpaired) electrons. The minimum absolute atomic E-state index is 0.198. The number of hydrogen-bond acceptors (Lipinski definition) is 3. The molecule has 100 valence electrons. The van der Waals surface area contributed by atoms with Gasteiger partial charge in [0.1, 0.15) is 0 Å². The molecule has 1 aliphatic carbocycles. The second kappa shape index (κ2) is 6.36. The topological polar surface area (TPSA) is 43.8 Å². The summed E-state index contributed by atoms with van der Waals surface area (Å²) in [6.45, 7) is 9.69. The lowest BCUT2D eigenvalue weighted by Crippen LogP contribution is -2.46. The van der Waals surface area contributed by atoms with Crippen LogP contribution in [0, 0.1) is 0 Å². The van der Waals surface area contributed by atoms with Crippen LogP contribution in [0.4, 0.5) is 0 Å². The molecule has 0 aromatic rings. The summed E-state index contributed by atoms with van der Waals surface area (Å²) in [7, 11) is 0. The summed E-state index contributed by atoms with van der Waals surface area (Å²) >= 11 is 0. The summed E-state index contributed by atoms with van der Waals surface area (Å²) in [5.41, 5.74) is 0.